The highest BCUT2D eigenvalue weighted by Crippen LogP contribution is 2.47. The van der Waals surface area contributed by atoms with Gasteiger partial charge >= 0.3 is 10.3 Å². The molecule has 2 aliphatic heterocycles. The normalized spacial score (nSPS) is 13.2. The molecule has 16 nitrogen and oxygen atoms in total. The van der Waals surface area contributed by atoms with Crippen LogP contribution in [0.2, 0.25) is 0 Å². The first kappa shape index (κ1) is 42.4. The molecule has 64 heavy (non-hydrogen) atoms. The Labute approximate surface area is 365 Å². The molecule has 0 fully saturated rings. The summed E-state index contributed by atoms with van der Waals surface area (Å²) in [5.74, 6) is 0. The van der Waals surface area contributed by atoms with E-state index in [9.17, 15) is 51.9 Å². The zero-order valence-electron chi connectivity index (χ0n) is 32.5. The van der Waals surface area contributed by atoms with Gasteiger partial charge in [0, 0.05) is 33.3 Å². The number of hydrogen-bond donors (Lipinski definition) is 5. The smallest absolute Gasteiger partial charge is 0.354 e. The van der Waals surface area contributed by atoms with Gasteiger partial charge in [-0.15, -0.1) is 0 Å². The van der Waals surface area contributed by atoms with E-state index >= 15 is 0 Å². The number of rotatable bonds is 8. The van der Waals surface area contributed by atoms with Crippen LogP contribution in [0.25, 0.3) is 89.7 Å². The van der Waals surface area contributed by atoms with Gasteiger partial charge in [-0.1, -0.05) is 121 Å². The molecule has 8 bridgehead atoms. The fourth-order valence-electron chi connectivity index (χ4n) is 7.98. The molecule has 7 aromatic rings. The quantitative estimate of drug-likeness (QED) is 0.0901. The maximum absolute atomic E-state index is 14.2. The summed E-state index contributed by atoms with van der Waals surface area (Å²) >= 11 is 0. The summed E-state index contributed by atoms with van der Waals surface area (Å²) in [7, 11) is -23.6. The number of nitrogens with zero attached hydrogens (tertiary/aromatic N) is 3. The summed E-state index contributed by atoms with van der Waals surface area (Å²) < 4.78 is 155. The van der Waals surface area contributed by atoms with Crippen molar-refractivity contribution in [2.75, 3.05) is 0 Å². The lowest BCUT2D eigenvalue weighted by atomic mass is 10.0. The van der Waals surface area contributed by atoms with Gasteiger partial charge in [0.05, 0.1) is 33.8 Å². The zero-order chi connectivity index (χ0) is 45.3. The number of hydrogen-bond acceptors (Lipinski definition) is 10. The lowest BCUT2D eigenvalue weighted by Gasteiger charge is -2.12. The van der Waals surface area contributed by atoms with Crippen LogP contribution in [0.5, 0.6) is 0 Å². The van der Waals surface area contributed by atoms with Crippen LogP contribution < -0.4 is 0 Å². The highest BCUT2D eigenvalue weighted by molar-refractivity contribution is 7.95. The Balaban J connectivity index is 1.75. The van der Waals surface area contributed by atoms with E-state index in [4.69, 9.17) is 4.98 Å². The number of aromatic amines is 1. The number of fused-ring (bicyclic) bond motifs is 8. The third-order valence-electron chi connectivity index (χ3n) is 10.4. The topological polar surface area (TPSA) is 264 Å². The van der Waals surface area contributed by atoms with Crippen LogP contribution >= 0.6 is 0 Å². The monoisotopic (exact) mass is 934 g/mol. The van der Waals surface area contributed by atoms with Crippen molar-refractivity contribution in [3.63, 3.8) is 0 Å². The average molecular weight is 935 g/mol. The SMILES string of the molecule is O=S(=O)(O)C1=Cc2nc1c(-c1ccccc1)c1c(S(=O)(=O)O)c(S(=O)(=O)O)c(c(-c3ccccc3)c3nc(c(-c4ccccc4)c4ccc([nH]4)c2-c2ccccc2)C=C3)n1S(=O)(=O)O. The molecule has 0 amide bonds. The van der Waals surface area contributed by atoms with E-state index in [1.807, 2.05) is 0 Å². The molecule has 9 rings (SSSR count). The van der Waals surface area contributed by atoms with Crippen molar-refractivity contribution in [3.05, 3.63) is 156 Å². The van der Waals surface area contributed by atoms with E-state index in [0.29, 0.717) is 27.7 Å². The molecule has 20 heteroatoms. The van der Waals surface area contributed by atoms with Gasteiger partial charge in [0.15, 0.2) is 0 Å². The van der Waals surface area contributed by atoms with E-state index in [0.717, 1.165) is 6.08 Å². The average Bonchev–Trinajstić information content (AvgIpc) is 4.06. The fourth-order valence-corrected chi connectivity index (χ4v) is 11.7. The van der Waals surface area contributed by atoms with Crippen molar-refractivity contribution in [1.29, 1.82) is 0 Å². The first-order valence-electron chi connectivity index (χ1n) is 18.7. The molecule has 0 unspecified atom stereocenters. The van der Waals surface area contributed by atoms with Gasteiger partial charge in [0.25, 0.3) is 30.4 Å². The Bertz CT molecular complexity index is 3800. The molecule has 0 aliphatic carbocycles. The maximum Gasteiger partial charge on any atom is 0.364 e. The molecular weight excluding hydrogens is 905 g/mol. The Morgan fingerprint density at radius 1 is 0.422 bits per heavy atom. The van der Waals surface area contributed by atoms with Crippen LogP contribution in [0.4, 0.5) is 0 Å². The first-order chi connectivity index (χ1) is 30.3. The highest BCUT2D eigenvalue weighted by Gasteiger charge is 2.41. The van der Waals surface area contributed by atoms with Gasteiger partial charge in [-0.05, 0) is 52.6 Å². The van der Waals surface area contributed by atoms with Crippen molar-refractivity contribution in [3.8, 4) is 44.5 Å². The molecule has 0 saturated heterocycles. The Kier molecular flexibility index (Phi) is 10.2. The molecule has 4 aromatic carbocycles. The molecule has 5 heterocycles. The lowest BCUT2D eigenvalue weighted by Crippen LogP contribution is -2.13. The predicted molar refractivity (Wildman–Crippen MR) is 241 cm³/mol. The van der Waals surface area contributed by atoms with Crippen molar-refractivity contribution in [2.24, 2.45) is 0 Å². The second-order valence-corrected chi connectivity index (χ2v) is 19.7. The molecule has 2 aliphatic rings. The summed E-state index contributed by atoms with van der Waals surface area (Å²) in [5, 5.41) is 0. The fraction of sp³-hybridized carbons (Fsp3) is 0. The van der Waals surface area contributed by atoms with Crippen LogP contribution in [0, 0.1) is 0 Å². The van der Waals surface area contributed by atoms with Crippen LogP contribution in [0.3, 0.4) is 0 Å². The molecule has 3 aromatic heterocycles. The molecule has 0 saturated carbocycles. The van der Waals surface area contributed by atoms with Crippen molar-refractivity contribution in [1.82, 2.24) is 18.9 Å². The predicted octanol–water partition coefficient (Wildman–Crippen LogP) is 8.16. The summed E-state index contributed by atoms with van der Waals surface area (Å²) in [6.07, 6.45) is 3.85. The summed E-state index contributed by atoms with van der Waals surface area (Å²) in [5.41, 5.74) is -2.85. The van der Waals surface area contributed by atoms with Gasteiger partial charge in [-0.2, -0.15) is 33.7 Å². The number of benzene rings is 4. The maximum atomic E-state index is 14.2. The van der Waals surface area contributed by atoms with Crippen LogP contribution in [-0.2, 0) is 40.7 Å². The van der Waals surface area contributed by atoms with Gasteiger partial charge in [-0.25, -0.2) is 13.9 Å². The van der Waals surface area contributed by atoms with E-state index in [2.05, 4.69) is 9.97 Å². The minimum Gasteiger partial charge on any atom is -0.354 e. The Hall–Kier alpha value is -6.88. The summed E-state index contributed by atoms with van der Waals surface area (Å²) in [6, 6.07) is 34.7. The summed E-state index contributed by atoms with van der Waals surface area (Å²) in [6.45, 7) is 0. The zero-order valence-corrected chi connectivity index (χ0v) is 35.7. The molecule has 0 atom stereocenters. The molecule has 5 N–H and O–H groups in total. The van der Waals surface area contributed by atoms with E-state index in [1.165, 1.54) is 66.7 Å². The highest BCUT2D eigenvalue weighted by atomic mass is 32.2. The van der Waals surface area contributed by atoms with Gasteiger partial charge < -0.3 is 4.98 Å². The molecular formula is C44H30N4O12S4. The molecule has 0 spiro atoms. The van der Waals surface area contributed by atoms with Gasteiger partial charge in [0.2, 0.25) is 0 Å². The second-order valence-electron chi connectivity index (χ2n) is 14.3. The van der Waals surface area contributed by atoms with E-state index in [-0.39, 0.29) is 37.7 Å². The second kappa shape index (κ2) is 15.4. The number of H-pyrrole nitrogens is 1. The van der Waals surface area contributed by atoms with E-state index in [1.54, 1.807) is 78.9 Å². The van der Waals surface area contributed by atoms with Crippen molar-refractivity contribution in [2.45, 2.75) is 9.79 Å². The minimum atomic E-state index is -6.08. The largest absolute Gasteiger partial charge is 0.364 e. The van der Waals surface area contributed by atoms with Crippen molar-refractivity contribution >= 4 is 85.9 Å². The minimum absolute atomic E-state index is 0.0341. The Morgan fingerprint density at radius 2 is 0.797 bits per heavy atom. The lowest BCUT2D eigenvalue weighted by molar-refractivity contribution is 0.469. The van der Waals surface area contributed by atoms with Crippen LogP contribution in [-0.4, -0.2) is 70.8 Å². The van der Waals surface area contributed by atoms with Gasteiger partial charge in [-0.3, -0.25) is 18.2 Å². The molecule has 0 radical (unpaired) electrons. The number of aromatic nitrogens is 4. The molecule has 322 valence electrons. The first-order valence-corrected chi connectivity index (χ1v) is 24.5. The standard InChI is InChI=1S/C44H30N4O12S4/c49-61(50,51)35-25-34-37(27-15-7-2-8-16-27)32-22-21-30(45-32)36(26-13-5-1-6-14-26)31-23-24-33(46-31)38(28-17-9-3-10-18-28)41-43(62(52,53)54)44(63(55,56)57)42(48(41)64(58,59)60)39(40(35)47-34)29-19-11-4-12-20-29/h1-25,45H,(H,49,50,51)(H,52,53,54)(H,55,56,57)(H,58,59,60). The van der Waals surface area contributed by atoms with Crippen LogP contribution in [0.15, 0.2) is 143 Å². The van der Waals surface area contributed by atoms with Crippen molar-refractivity contribution < 1.29 is 51.9 Å². The third kappa shape index (κ3) is 7.46. The third-order valence-corrected chi connectivity index (χ3v) is 14.0. The van der Waals surface area contributed by atoms with E-state index < -0.39 is 83.2 Å². The number of nitrogens with one attached hydrogen (secondary N) is 1. The van der Waals surface area contributed by atoms with Crippen LogP contribution in [0.1, 0.15) is 22.8 Å². The van der Waals surface area contributed by atoms with Gasteiger partial charge in [0.1, 0.15) is 14.7 Å². The Morgan fingerprint density at radius 3 is 1.20 bits per heavy atom. The summed E-state index contributed by atoms with van der Waals surface area (Å²) in [4.78, 5) is 8.36.